The third-order valence-corrected chi connectivity index (χ3v) is 3.47. The highest BCUT2D eigenvalue weighted by molar-refractivity contribution is 9.10. The van der Waals surface area contributed by atoms with E-state index in [1.165, 1.54) is 0 Å². The van der Waals surface area contributed by atoms with Gasteiger partial charge < -0.3 is 5.32 Å². The molecule has 1 N–H and O–H groups in total. The second-order valence-corrected chi connectivity index (χ2v) is 5.22. The van der Waals surface area contributed by atoms with Crippen molar-refractivity contribution in [1.29, 1.82) is 0 Å². The number of anilines is 1. The van der Waals surface area contributed by atoms with Crippen LogP contribution in [-0.4, -0.2) is 0 Å². The molecule has 0 spiro atoms. The van der Waals surface area contributed by atoms with Gasteiger partial charge in [-0.2, -0.15) is 0 Å². The number of hydrogen-bond acceptors (Lipinski definition) is 1. The van der Waals surface area contributed by atoms with Crippen LogP contribution in [-0.2, 0) is 0 Å². The average molecular weight is 311 g/mol. The van der Waals surface area contributed by atoms with E-state index in [-0.39, 0.29) is 6.04 Å². The molecule has 0 bridgehead atoms. The van der Waals surface area contributed by atoms with Crippen LogP contribution >= 0.6 is 27.5 Å². The van der Waals surface area contributed by atoms with Gasteiger partial charge in [-0.05, 0) is 42.8 Å². The maximum Gasteiger partial charge on any atom is 0.0500 e. The Morgan fingerprint density at radius 3 is 2.35 bits per heavy atom. The Labute approximate surface area is 115 Å². The van der Waals surface area contributed by atoms with E-state index in [1.807, 2.05) is 48.5 Å². The summed E-state index contributed by atoms with van der Waals surface area (Å²) < 4.78 is 1.08. The third kappa shape index (κ3) is 3.24. The maximum atomic E-state index is 6.16. The van der Waals surface area contributed by atoms with Crippen molar-refractivity contribution in [1.82, 2.24) is 0 Å². The first-order valence-electron chi connectivity index (χ1n) is 5.43. The smallest absolute Gasteiger partial charge is 0.0500 e. The quantitative estimate of drug-likeness (QED) is 0.813. The fraction of sp³-hybridized carbons (Fsp3) is 0.143. The molecule has 0 aromatic heterocycles. The molecule has 0 saturated heterocycles. The van der Waals surface area contributed by atoms with E-state index in [0.29, 0.717) is 0 Å². The molecule has 0 aliphatic rings. The van der Waals surface area contributed by atoms with E-state index < -0.39 is 0 Å². The van der Waals surface area contributed by atoms with E-state index in [4.69, 9.17) is 11.6 Å². The number of hydrogen-bond donors (Lipinski definition) is 1. The van der Waals surface area contributed by atoms with Crippen LogP contribution in [0.3, 0.4) is 0 Å². The minimum Gasteiger partial charge on any atom is -0.378 e. The zero-order chi connectivity index (χ0) is 12.3. The zero-order valence-corrected chi connectivity index (χ0v) is 11.8. The predicted octanol–water partition coefficient (Wildman–Crippen LogP) is 5.28. The minimum absolute atomic E-state index is 0.185. The van der Waals surface area contributed by atoms with Crippen molar-refractivity contribution < 1.29 is 0 Å². The molecule has 0 saturated carbocycles. The van der Waals surface area contributed by atoms with E-state index in [9.17, 15) is 0 Å². The van der Waals surface area contributed by atoms with E-state index in [0.717, 1.165) is 20.7 Å². The van der Waals surface area contributed by atoms with Crippen molar-refractivity contribution in [3.05, 3.63) is 63.6 Å². The second-order valence-electron chi connectivity index (χ2n) is 3.89. The first kappa shape index (κ1) is 12.5. The molecule has 1 nitrogen and oxygen atoms in total. The van der Waals surface area contributed by atoms with Crippen LogP contribution in [0, 0.1) is 0 Å². The molecule has 88 valence electrons. The summed E-state index contributed by atoms with van der Waals surface area (Å²) in [7, 11) is 0. The average Bonchev–Trinajstić information content (AvgIpc) is 2.32. The van der Waals surface area contributed by atoms with Crippen LogP contribution in [0.1, 0.15) is 18.5 Å². The highest BCUT2D eigenvalue weighted by atomic mass is 79.9. The second kappa shape index (κ2) is 5.56. The summed E-state index contributed by atoms with van der Waals surface area (Å²) in [6, 6.07) is 16.2. The number of halogens is 2. The van der Waals surface area contributed by atoms with Gasteiger partial charge in [0, 0.05) is 21.2 Å². The van der Waals surface area contributed by atoms with Crippen LogP contribution in [0.15, 0.2) is 53.0 Å². The van der Waals surface area contributed by atoms with Crippen molar-refractivity contribution in [2.45, 2.75) is 13.0 Å². The van der Waals surface area contributed by atoms with Gasteiger partial charge in [-0.1, -0.05) is 45.7 Å². The van der Waals surface area contributed by atoms with Crippen LogP contribution < -0.4 is 5.32 Å². The number of rotatable bonds is 3. The Balaban J connectivity index is 2.14. The Kier molecular flexibility index (Phi) is 4.08. The lowest BCUT2D eigenvalue weighted by atomic mass is 10.1. The molecule has 0 amide bonds. The minimum atomic E-state index is 0.185. The Morgan fingerprint density at radius 2 is 1.71 bits per heavy atom. The van der Waals surface area contributed by atoms with E-state index in [1.54, 1.807) is 0 Å². The maximum absolute atomic E-state index is 6.16. The normalized spacial score (nSPS) is 12.2. The van der Waals surface area contributed by atoms with Gasteiger partial charge in [-0.15, -0.1) is 0 Å². The lowest BCUT2D eigenvalue weighted by Crippen LogP contribution is -2.06. The Hall–Kier alpha value is -0.990. The molecule has 17 heavy (non-hydrogen) atoms. The first-order chi connectivity index (χ1) is 8.16. The van der Waals surface area contributed by atoms with Crippen LogP contribution in [0.4, 0.5) is 5.69 Å². The van der Waals surface area contributed by atoms with Gasteiger partial charge in [0.1, 0.15) is 0 Å². The summed E-state index contributed by atoms with van der Waals surface area (Å²) in [6.45, 7) is 2.10. The standard InChI is InChI=1S/C14H13BrClN/c1-10(13-4-2-3-5-14(13)16)17-12-8-6-11(15)7-9-12/h2-10,17H,1H3. The van der Waals surface area contributed by atoms with Crippen molar-refractivity contribution in [3.63, 3.8) is 0 Å². The summed E-state index contributed by atoms with van der Waals surface area (Å²) in [4.78, 5) is 0. The number of benzene rings is 2. The molecule has 2 aromatic carbocycles. The molecular formula is C14H13BrClN. The summed E-state index contributed by atoms with van der Waals surface area (Å²) in [5.74, 6) is 0. The Bertz CT molecular complexity index is 496. The lowest BCUT2D eigenvalue weighted by molar-refractivity contribution is 0.885. The van der Waals surface area contributed by atoms with E-state index in [2.05, 4.69) is 28.2 Å². The molecular weight excluding hydrogens is 298 g/mol. The molecule has 1 unspecified atom stereocenters. The van der Waals surface area contributed by atoms with Gasteiger partial charge in [0.2, 0.25) is 0 Å². The largest absolute Gasteiger partial charge is 0.378 e. The summed E-state index contributed by atoms with van der Waals surface area (Å²) in [5, 5.41) is 4.22. The van der Waals surface area contributed by atoms with Gasteiger partial charge >= 0.3 is 0 Å². The molecule has 2 rings (SSSR count). The van der Waals surface area contributed by atoms with Crippen LogP contribution in [0.25, 0.3) is 0 Å². The highest BCUT2D eigenvalue weighted by Crippen LogP contribution is 2.26. The SMILES string of the molecule is CC(Nc1ccc(Br)cc1)c1ccccc1Cl. The number of nitrogens with one attached hydrogen (secondary N) is 1. The van der Waals surface area contributed by atoms with Crippen molar-refractivity contribution in [2.24, 2.45) is 0 Å². The summed E-state index contributed by atoms with van der Waals surface area (Å²) in [6.07, 6.45) is 0. The van der Waals surface area contributed by atoms with Crippen molar-refractivity contribution in [3.8, 4) is 0 Å². The molecule has 0 heterocycles. The van der Waals surface area contributed by atoms with Gasteiger partial charge in [0.15, 0.2) is 0 Å². The molecule has 1 atom stereocenters. The Morgan fingerprint density at radius 1 is 1.06 bits per heavy atom. The monoisotopic (exact) mass is 309 g/mol. The van der Waals surface area contributed by atoms with E-state index >= 15 is 0 Å². The van der Waals surface area contributed by atoms with Crippen molar-refractivity contribution in [2.75, 3.05) is 5.32 Å². The fourth-order valence-corrected chi connectivity index (χ4v) is 2.26. The summed E-state index contributed by atoms with van der Waals surface area (Å²) >= 11 is 9.58. The summed E-state index contributed by atoms with van der Waals surface area (Å²) in [5.41, 5.74) is 2.19. The van der Waals surface area contributed by atoms with Crippen molar-refractivity contribution >= 4 is 33.2 Å². The first-order valence-corrected chi connectivity index (χ1v) is 6.60. The third-order valence-electron chi connectivity index (χ3n) is 2.60. The van der Waals surface area contributed by atoms with Gasteiger partial charge in [0.05, 0.1) is 0 Å². The molecule has 3 heteroatoms. The van der Waals surface area contributed by atoms with Crippen LogP contribution in [0.2, 0.25) is 5.02 Å². The molecule has 2 aromatic rings. The fourth-order valence-electron chi connectivity index (χ4n) is 1.70. The predicted molar refractivity (Wildman–Crippen MR) is 77.6 cm³/mol. The highest BCUT2D eigenvalue weighted by Gasteiger charge is 2.08. The topological polar surface area (TPSA) is 12.0 Å². The molecule has 0 aliphatic carbocycles. The van der Waals surface area contributed by atoms with Gasteiger partial charge in [-0.25, -0.2) is 0 Å². The molecule has 0 aliphatic heterocycles. The lowest BCUT2D eigenvalue weighted by Gasteiger charge is -2.17. The molecule has 0 radical (unpaired) electrons. The molecule has 0 fully saturated rings. The van der Waals surface area contributed by atoms with Gasteiger partial charge in [0.25, 0.3) is 0 Å². The van der Waals surface area contributed by atoms with Crippen LogP contribution in [0.5, 0.6) is 0 Å². The zero-order valence-electron chi connectivity index (χ0n) is 9.45. The van der Waals surface area contributed by atoms with Gasteiger partial charge in [-0.3, -0.25) is 0 Å².